The lowest BCUT2D eigenvalue weighted by Gasteiger charge is -2.46. The van der Waals surface area contributed by atoms with Crippen molar-refractivity contribution in [3.05, 3.63) is 89.0 Å². The molecule has 46 heavy (non-hydrogen) atoms. The van der Waals surface area contributed by atoms with Crippen LogP contribution < -0.4 is 0 Å². The summed E-state index contributed by atoms with van der Waals surface area (Å²) in [4.78, 5) is 39.1. The number of carbonyl (C=O) groups is 2. The van der Waals surface area contributed by atoms with Crippen LogP contribution >= 0.6 is 0 Å². The van der Waals surface area contributed by atoms with Gasteiger partial charge in [-0.15, -0.1) is 0 Å². The van der Waals surface area contributed by atoms with E-state index in [4.69, 9.17) is 4.74 Å². The summed E-state index contributed by atoms with van der Waals surface area (Å²) in [5.41, 5.74) is 6.39. The lowest BCUT2D eigenvalue weighted by atomic mass is 9.91. The lowest BCUT2D eigenvalue weighted by Crippen LogP contribution is -2.62. The normalized spacial score (nSPS) is 22.7. The van der Waals surface area contributed by atoms with Gasteiger partial charge in [-0.25, -0.2) is 9.78 Å². The zero-order valence-electron chi connectivity index (χ0n) is 26.7. The quantitative estimate of drug-likeness (QED) is 0.328. The van der Waals surface area contributed by atoms with Gasteiger partial charge < -0.3 is 14.2 Å². The van der Waals surface area contributed by atoms with E-state index in [1.165, 1.54) is 28.7 Å². The van der Waals surface area contributed by atoms with Crippen LogP contribution in [-0.2, 0) is 28.9 Å². The molecular formula is C38H51N5O3. The average Bonchev–Trinajstić information content (AvgIpc) is 3.40. The first-order valence-corrected chi connectivity index (χ1v) is 17.2. The maximum absolute atomic E-state index is 14.6. The number of likely N-dealkylation sites (tertiary alicyclic amines) is 1. The van der Waals surface area contributed by atoms with Gasteiger partial charge in [0.2, 0.25) is 5.91 Å². The molecule has 2 aliphatic carbocycles. The summed E-state index contributed by atoms with van der Waals surface area (Å²) in [6.07, 6.45) is 12.9. The molecule has 1 saturated carbocycles. The summed E-state index contributed by atoms with van der Waals surface area (Å²) in [6, 6.07) is 17.0. The van der Waals surface area contributed by atoms with Crippen LogP contribution in [0.5, 0.6) is 0 Å². The molecule has 2 amide bonds. The summed E-state index contributed by atoms with van der Waals surface area (Å²) in [7, 11) is 0. The van der Waals surface area contributed by atoms with E-state index in [9.17, 15) is 9.59 Å². The molecule has 4 aliphatic rings. The number of ether oxygens (including phenoxy) is 1. The van der Waals surface area contributed by atoms with E-state index in [1.54, 1.807) is 4.90 Å². The molecule has 246 valence electrons. The molecule has 1 aromatic heterocycles. The van der Waals surface area contributed by atoms with Crippen LogP contribution in [0.1, 0.15) is 86.4 Å². The van der Waals surface area contributed by atoms with Crippen LogP contribution in [0.4, 0.5) is 4.79 Å². The molecule has 3 fully saturated rings. The minimum atomic E-state index is -0.577. The first-order valence-electron chi connectivity index (χ1n) is 17.2. The predicted octanol–water partition coefficient (Wildman–Crippen LogP) is 6.41. The first-order chi connectivity index (χ1) is 22.0. The van der Waals surface area contributed by atoms with E-state index in [0.717, 1.165) is 70.2 Å². The number of carbonyl (C=O) groups excluding carboxylic acids is 2. The van der Waals surface area contributed by atoms with E-state index < -0.39 is 6.04 Å². The highest BCUT2D eigenvalue weighted by Crippen LogP contribution is 2.38. The van der Waals surface area contributed by atoms with Crippen molar-refractivity contribution in [2.45, 2.75) is 96.9 Å². The zero-order chi connectivity index (χ0) is 30.8. The summed E-state index contributed by atoms with van der Waals surface area (Å²) in [6.45, 7) is 5.96. The Morgan fingerprint density at radius 3 is 2.22 bits per heavy atom. The van der Waals surface area contributed by atoms with Crippen molar-refractivity contribution in [1.29, 1.82) is 0 Å². The first kappa shape index (κ1) is 32.3. The van der Waals surface area contributed by atoms with E-state index in [-0.39, 0.29) is 31.6 Å². The number of imidazole rings is 1. The molecule has 3 heterocycles. The van der Waals surface area contributed by atoms with E-state index >= 15 is 0 Å². The Hall–Kier alpha value is -3.65. The van der Waals surface area contributed by atoms with Crippen LogP contribution in [0, 0.1) is 12.8 Å². The van der Waals surface area contributed by atoms with Crippen molar-refractivity contribution in [2.75, 3.05) is 32.7 Å². The molecule has 0 radical (unpaired) electrons. The smallest absolute Gasteiger partial charge is 0.410 e. The minimum absolute atomic E-state index is 0. The molecule has 0 bridgehead atoms. The maximum Gasteiger partial charge on any atom is 0.410 e. The lowest BCUT2D eigenvalue weighted by molar-refractivity contribution is -0.141. The largest absolute Gasteiger partial charge is 0.446 e. The fourth-order valence-corrected chi connectivity index (χ4v) is 8.24. The number of piperazine rings is 1. The topological polar surface area (TPSA) is 70.9 Å². The van der Waals surface area contributed by atoms with Crippen LogP contribution in [0.2, 0.25) is 0 Å². The molecule has 2 saturated heterocycles. The van der Waals surface area contributed by atoms with Gasteiger partial charge in [-0.1, -0.05) is 62.4 Å². The van der Waals surface area contributed by atoms with Gasteiger partial charge in [0.1, 0.15) is 12.1 Å². The van der Waals surface area contributed by atoms with Gasteiger partial charge in [-0.2, -0.15) is 0 Å². The maximum atomic E-state index is 14.6. The number of aryl methyl sites for hydroxylation is 3. The van der Waals surface area contributed by atoms with Crippen LogP contribution in [0.25, 0.3) is 0 Å². The van der Waals surface area contributed by atoms with Gasteiger partial charge in [0, 0.05) is 45.5 Å². The van der Waals surface area contributed by atoms with Crippen molar-refractivity contribution in [2.24, 2.45) is 5.92 Å². The monoisotopic (exact) mass is 625 g/mol. The summed E-state index contributed by atoms with van der Waals surface area (Å²) < 4.78 is 8.25. The number of amides is 2. The number of nitrogens with zero attached hydrogens (tertiary/aromatic N) is 5. The van der Waals surface area contributed by atoms with Gasteiger partial charge in [0.25, 0.3) is 0 Å². The van der Waals surface area contributed by atoms with Crippen molar-refractivity contribution in [1.82, 2.24) is 24.3 Å². The number of aromatic nitrogens is 2. The SMILES string of the molecule is C.Cc1cn(C[C@@H]2CCCN(C(=O)[C@H]3CN(C4c5ccccc5CCc5ccccc54)CCN3C(=O)OC3CCCCC3)C2)cn1. The number of hydrogen-bond donors (Lipinski definition) is 0. The third-order valence-electron chi connectivity index (χ3n) is 10.5. The third-order valence-corrected chi connectivity index (χ3v) is 10.5. The molecule has 2 aliphatic heterocycles. The highest BCUT2D eigenvalue weighted by molar-refractivity contribution is 5.86. The molecule has 8 nitrogen and oxygen atoms in total. The number of hydrogen-bond acceptors (Lipinski definition) is 5. The second-order valence-corrected chi connectivity index (χ2v) is 13.7. The highest BCUT2D eigenvalue weighted by Gasteiger charge is 2.43. The molecule has 8 heteroatoms. The molecule has 7 rings (SSSR count). The van der Waals surface area contributed by atoms with Gasteiger partial charge in [-0.3, -0.25) is 14.6 Å². The molecule has 0 unspecified atom stereocenters. The molecule has 0 spiro atoms. The van der Waals surface area contributed by atoms with Gasteiger partial charge in [-0.05, 0) is 86.5 Å². The van der Waals surface area contributed by atoms with Gasteiger partial charge in [0.15, 0.2) is 0 Å². The average molecular weight is 626 g/mol. The Morgan fingerprint density at radius 2 is 1.54 bits per heavy atom. The fraction of sp³-hybridized carbons (Fsp3) is 0.553. The minimum Gasteiger partial charge on any atom is -0.446 e. The number of rotatable bonds is 5. The van der Waals surface area contributed by atoms with Crippen LogP contribution in [0.15, 0.2) is 61.1 Å². The van der Waals surface area contributed by atoms with Crippen molar-refractivity contribution in [3.8, 4) is 0 Å². The number of piperidine rings is 1. The Bertz CT molecular complexity index is 1450. The Kier molecular flexibility index (Phi) is 10.1. The number of benzene rings is 2. The predicted molar refractivity (Wildman–Crippen MR) is 181 cm³/mol. The van der Waals surface area contributed by atoms with Crippen molar-refractivity contribution < 1.29 is 14.3 Å². The molecular weight excluding hydrogens is 574 g/mol. The second kappa shape index (κ2) is 14.4. The Balaban J connectivity index is 0.00000372. The standard InChI is InChI=1S/C37H47N5O3.CH4/c1-27-22-39(26-38-27)23-28-10-9-19-41(24-28)36(43)34-25-40(20-21-42(34)37(44)45-31-13-3-2-4-14-31)35-32-15-7-5-11-29(32)17-18-30-12-6-8-16-33(30)35;/h5-8,11-12,15-16,22,26,28,31,34-35H,2-4,9-10,13-14,17-21,23-25H2,1H3;1H4/t28-,34+;/m0./s1. The van der Waals surface area contributed by atoms with Gasteiger partial charge in [0.05, 0.1) is 18.1 Å². The van der Waals surface area contributed by atoms with E-state index in [2.05, 4.69) is 69.2 Å². The van der Waals surface area contributed by atoms with Crippen LogP contribution in [-0.4, -0.2) is 81.1 Å². The summed E-state index contributed by atoms with van der Waals surface area (Å²) >= 11 is 0. The van der Waals surface area contributed by atoms with E-state index in [1.807, 2.05) is 18.2 Å². The van der Waals surface area contributed by atoms with Crippen LogP contribution in [0.3, 0.4) is 0 Å². The zero-order valence-corrected chi connectivity index (χ0v) is 26.7. The van der Waals surface area contributed by atoms with E-state index in [0.29, 0.717) is 32.1 Å². The third kappa shape index (κ3) is 6.87. The second-order valence-electron chi connectivity index (χ2n) is 13.7. The Morgan fingerprint density at radius 1 is 0.848 bits per heavy atom. The molecule has 3 aromatic rings. The van der Waals surface area contributed by atoms with Gasteiger partial charge >= 0.3 is 6.09 Å². The highest BCUT2D eigenvalue weighted by atomic mass is 16.6. The fourth-order valence-electron chi connectivity index (χ4n) is 8.24. The summed E-state index contributed by atoms with van der Waals surface area (Å²) in [5, 5.41) is 0. The molecule has 2 atom stereocenters. The molecule has 0 N–H and O–H groups in total. The summed E-state index contributed by atoms with van der Waals surface area (Å²) in [5.74, 6) is 0.418. The molecule has 2 aromatic carbocycles. The van der Waals surface area contributed by atoms with Crippen molar-refractivity contribution in [3.63, 3.8) is 0 Å². The number of fused-ring (bicyclic) bond motifs is 2. The van der Waals surface area contributed by atoms with Crippen molar-refractivity contribution >= 4 is 12.0 Å². The Labute approximate surface area is 274 Å².